The molecule has 0 spiro atoms. The van der Waals surface area contributed by atoms with E-state index in [-0.39, 0.29) is 5.54 Å². The molecule has 2 saturated heterocycles. The highest BCUT2D eigenvalue weighted by molar-refractivity contribution is 6.33. The molecule has 0 radical (unpaired) electrons. The Labute approximate surface area is 243 Å². The Morgan fingerprint density at radius 3 is 2.51 bits per heavy atom. The summed E-state index contributed by atoms with van der Waals surface area (Å²) in [5.41, 5.74) is 1.91. The molecule has 0 aromatic carbocycles. The molecule has 9 heteroatoms. The molecule has 1 unspecified atom stereocenters. The molecule has 0 bridgehead atoms. The lowest BCUT2D eigenvalue weighted by Gasteiger charge is -2.43. The molecule has 2 aliphatic heterocycles. The Morgan fingerprint density at radius 2 is 1.92 bits per heavy atom. The number of piperidine rings is 1. The fourth-order valence-corrected chi connectivity index (χ4v) is 5.74. The van der Waals surface area contributed by atoms with E-state index in [2.05, 4.69) is 58.6 Å². The monoisotopic (exact) mass is 572 g/mol. The van der Waals surface area contributed by atoms with Crippen molar-refractivity contribution in [2.24, 2.45) is 0 Å². The number of hydrogen-bond acceptors (Lipinski definition) is 7. The summed E-state index contributed by atoms with van der Waals surface area (Å²) in [6.07, 6.45) is 13.6. The van der Waals surface area contributed by atoms with Crippen molar-refractivity contribution in [3.8, 4) is 0 Å². The summed E-state index contributed by atoms with van der Waals surface area (Å²) >= 11 is 13.0. The number of pyridine rings is 1. The molecule has 1 N–H and O–H groups in total. The lowest BCUT2D eigenvalue weighted by molar-refractivity contribution is 0.108. The average Bonchev–Trinajstić information content (AvgIpc) is 3.48. The van der Waals surface area contributed by atoms with Crippen LogP contribution in [-0.4, -0.2) is 71.8 Å². The molecule has 0 saturated carbocycles. The topological polar surface area (TPSA) is 60.7 Å². The fraction of sp³-hybridized carbons (Fsp3) is 0.533. The number of anilines is 2. The number of allylic oxidation sites excluding steroid dienone is 3. The van der Waals surface area contributed by atoms with Crippen LogP contribution in [0.4, 0.5) is 11.6 Å². The van der Waals surface area contributed by atoms with Gasteiger partial charge in [0.05, 0.1) is 10.6 Å². The van der Waals surface area contributed by atoms with E-state index in [4.69, 9.17) is 32.7 Å². The van der Waals surface area contributed by atoms with Crippen molar-refractivity contribution in [2.45, 2.75) is 58.0 Å². The van der Waals surface area contributed by atoms with E-state index >= 15 is 0 Å². The smallest absolute Gasteiger partial charge is 0.170 e. The van der Waals surface area contributed by atoms with Crippen molar-refractivity contribution >= 4 is 34.8 Å². The van der Waals surface area contributed by atoms with Gasteiger partial charge in [-0.3, -0.25) is 9.80 Å². The second kappa shape index (κ2) is 13.8. The number of aromatic nitrogens is 2. The van der Waals surface area contributed by atoms with Crippen LogP contribution in [0.25, 0.3) is 0 Å². The third-order valence-corrected chi connectivity index (χ3v) is 8.85. The number of nitrogens with zero attached hydrogens (tertiary/aromatic N) is 5. The number of piperazine rings is 1. The van der Waals surface area contributed by atoms with Crippen molar-refractivity contribution in [2.75, 3.05) is 56.0 Å². The third kappa shape index (κ3) is 7.66. The van der Waals surface area contributed by atoms with Crippen molar-refractivity contribution in [1.82, 2.24) is 19.9 Å². The van der Waals surface area contributed by atoms with Gasteiger partial charge in [0.15, 0.2) is 5.82 Å². The molecular formula is C30H42Cl2N6O. The number of nitrogens with one attached hydrogen (secondary N) is 1. The van der Waals surface area contributed by atoms with Gasteiger partial charge in [0.1, 0.15) is 12.1 Å². The van der Waals surface area contributed by atoms with E-state index in [0.717, 1.165) is 75.1 Å². The number of halogens is 2. The number of rotatable bonds is 11. The average molecular weight is 574 g/mol. The largest absolute Gasteiger partial charge is 0.363 e. The molecule has 2 aromatic heterocycles. The van der Waals surface area contributed by atoms with E-state index in [1.165, 1.54) is 18.4 Å². The second-order valence-corrected chi connectivity index (χ2v) is 11.6. The van der Waals surface area contributed by atoms with Gasteiger partial charge in [0.2, 0.25) is 0 Å². The van der Waals surface area contributed by atoms with Crippen LogP contribution in [0.1, 0.15) is 52.0 Å². The highest BCUT2D eigenvalue weighted by Crippen LogP contribution is 2.33. The minimum atomic E-state index is -0.346. The maximum absolute atomic E-state index is 6.80. The van der Waals surface area contributed by atoms with Gasteiger partial charge >= 0.3 is 0 Å². The summed E-state index contributed by atoms with van der Waals surface area (Å²) in [7, 11) is 0. The van der Waals surface area contributed by atoms with Gasteiger partial charge in [-0.2, -0.15) is 0 Å². The van der Waals surface area contributed by atoms with Crippen molar-refractivity contribution in [1.29, 1.82) is 0 Å². The van der Waals surface area contributed by atoms with Crippen LogP contribution in [0.3, 0.4) is 0 Å². The zero-order chi connectivity index (χ0) is 27.8. The van der Waals surface area contributed by atoms with Crippen LogP contribution in [0, 0.1) is 0 Å². The predicted molar refractivity (Wildman–Crippen MR) is 163 cm³/mol. The summed E-state index contributed by atoms with van der Waals surface area (Å²) in [5.74, 6) is 1.57. The lowest BCUT2D eigenvalue weighted by Crippen LogP contribution is -2.53. The summed E-state index contributed by atoms with van der Waals surface area (Å²) in [6, 6.07) is 4.49. The second-order valence-electron chi connectivity index (χ2n) is 10.7. The first-order chi connectivity index (χ1) is 18.8. The maximum Gasteiger partial charge on any atom is 0.170 e. The molecule has 212 valence electrons. The van der Waals surface area contributed by atoms with E-state index in [0.29, 0.717) is 16.9 Å². The molecule has 2 aromatic rings. The zero-order valence-corrected chi connectivity index (χ0v) is 25.0. The Bertz CT molecular complexity index is 1130. The summed E-state index contributed by atoms with van der Waals surface area (Å²) < 4.78 is 4.98. The molecule has 7 nitrogen and oxygen atoms in total. The van der Waals surface area contributed by atoms with E-state index < -0.39 is 0 Å². The molecule has 1 atom stereocenters. The quantitative estimate of drug-likeness (QED) is 0.301. The van der Waals surface area contributed by atoms with E-state index in [1.54, 1.807) is 6.26 Å². The highest BCUT2D eigenvalue weighted by Gasteiger charge is 2.30. The van der Waals surface area contributed by atoms with Crippen molar-refractivity contribution in [3.63, 3.8) is 0 Å². The molecule has 2 fully saturated rings. The summed E-state index contributed by atoms with van der Waals surface area (Å²) in [4.78, 5) is 12.3. The van der Waals surface area contributed by atoms with Gasteiger partial charge in [-0.15, -0.1) is 0 Å². The van der Waals surface area contributed by atoms with Gasteiger partial charge in [0, 0.05) is 56.1 Å². The SMILES string of the molecule is C=C/C(=C\C=C(\Cl)CC)CN1CCC(N2CCN(c3ncc(C(C)(CC)Nc4ccon4)cc3Cl)CC2)CC1. The Morgan fingerprint density at radius 1 is 1.18 bits per heavy atom. The first-order valence-electron chi connectivity index (χ1n) is 14.1. The van der Waals surface area contributed by atoms with Crippen LogP contribution in [0.5, 0.6) is 0 Å². The molecular weight excluding hydrogens is 531 g/mol. The van der Waals surface area contributed by atoms with E-state index in [1.807, 2.05) is 30.5 Å². The summed E-state index contributed by atoms with van der Waals surface area (Å²) in [6.45, 7) is 17.4. The molecule has 0 aliphatic carbocycles. The molecule has 4 heterocycles. The van der Waals surface area contributed by atoms with Gasteiger partial charge < -0.3 is 14.7 Å². The molecule has 4 rings (SSSR count). The minimum Gasteiger partial charge on any atom is -0.363 e. The van der Waals surface area contributed by atoms with Gasteiger partial charge in [-0.1, -0.05) is 60.9 Å². The standard InChI is InChI=1S/C30H42Cl2N6O/c1-5-23(8-9-25(31)6-2)22-36-13-10-26(11-14-36)37-15-17-38(18-16-37)29-27(32)20-24(21-33-29)30(4,7-3)34-28-12-19-39-35-28/h5,8-9,12,19-21,26H,1,6-7,10-11,13-18,22H2,2-4H3,(H,34,35)/b23-8+,25-9+. The normalized spacial score (nSPS) is 20.2. The van der Waals surface area contributed by atoms with Crippen LogP contribution in [0.2, 0.25) is 5.02 Å². The molecule has 0 amide bonds. The first-order valence-corrected chi connectivity index (χ1v) is 14.8. The van der Waals surface area contributed by atoms with Gasteiger partial charge in [-0.25, -0.2) is 4.98 Å². The summed E-state index contributed by atoms with van der Waals surface area (Å²) in [5, 5.41) is 9.02. The maximum atomic E-state index is 6.80. The molecule has 39 heavy (non-hydrogen) atoms. The van der Waals surface area contributed by atoms with Crippen LogP contribution in [-0.2, 0) is 5.54 Å². The zero-order valence-electron chi connectivity index (χ0n) is 23.5. The number of hydrogen-bond donors (Lipinski definition) is 1. The predicted octanol–water partition coefficient (Wildman–Crippen LogP) is 6.69. The third-order valence-electron chi connectivity index (χ3n) is 8.18. The fourth-order valence-electron chi connectivity index (χ4n) is 5.39. The highest BCUT2D eigenvalue weighted by atomic mass is 35.5. The van der Waals surface area contributed by atoms with Crippen molar-refractivity contribution in [3.05, 3.63) is 70.6 Å². The Kier molecular flexibility index (Phi) is 10.5. The Balaban J connectivity index is 1.29. The van der Waals surface area contributed by atoms with Crippen LogP contribution < -0.4 is 10.2 Å². The number of likely N-dealkylation sites (tertiary alicyclic amines) is 1. The molecule has 2 aliphatic rings. The van der Waals surface area contributed by atoms with Gasteiger partial charge in [-0.05, 0) is 69.0 Å². The van der Waals surface area contributed by atoms with Crippen molar-refractivity contribution < 1.29 is 4.52 Å². The minimum absolute atomic E-state index is 0.346. The first kappa shape index (κ1) is 29.7. The van der Waals surface area contributed by atoms with Crippen LogP contribution in [0.15, 0.2) is 64.5 Å². The van der Waals surface area contributed by atoms with Gasteiger partial charge in [0.25, 0.3) is 0 Å². The van der Waals surface area contributed by atoms with Crippen LogP contribution >= 0.6 is 23.2 Å². The lowest BCUT2D eigenvalue weighted by atomic mass is 9.90. The van der Waals surface area contributed by atoms with E-state index in [9.17, 15) is 0 Å². The Hall–Kier alpha value is -2.32.